The smallest absolute Gasteiger partial charge is 0.263 e. The van der Waals surface area contributed by atoms with Gasteiger partial charge in [-0.1, -0.05) is 42.5 Å². The van der Waals surface area contributed by atoms with Crippen molar-refractivity contribution < 1.29 is 9.53 Å². The fourth-order valence-electron chi connectivity index (χ4n) is 3.36. The molecule has 2 aromatic rings. The Balaban J connectivity index is 1.57. The highest BCUT2D eigenvalue weighted by atomic mass is 16.5. The highest BCUT2D eigenvalue weighted by molar-refractivity contribution is 5.81. The number of benzene rings is 2. The summed E-state index contributed by atoms with van der Waals surface area (Å²) in [6.45, 7) is 4.44. The van der Waals surface area contributed by atoms with Gasteiger partial charge in [0, 0.05) is 13.1 Å². The molecule has 0 aliphatic carbocycles. The second-order valence-corrected chi connectivity index (χ2v) is 6.65. The molecule has 0 radical (unpaired) electrons. The van der Waals surface area contributed by atoms with Gasteiger partial charge < -0.3 is 15.0 Å². The zero-order valence-corrected chi connectivity index (χ0v) is 14.9. The van der Waals surface area contributed by atoms with Crippen molar-refractivity contribution in [2.75, 3.05) is 26.7 Å². The van der Waals surface area contributed by atoms with E-state index in [9.17, 15) is 4.79 Å². The van der Waals surface area contributed by atoms with Crippen LogP contribution in [0.25, 0.3) is 11.1 Å². The lowest BCUT2D eigenvalue weighted by atomic mass is 10.1. The molecule has 1 saturated heterocycles. The third-order valence-corrected chi connectivity index (χ3v) is 4.71. The molecule has 0 spiro atoms. The van der Waals surface area contributed by atoms with Gasteiger partial charge in [0.1, 0.15) is 5.75 Å². The fraction of sp³-hybridized carbons (Fsp3) is 0.381. The normalized spacial score (nSPS) is 18.2. The van der Waals surface area contributed by atoms with E-state index < -0.39 is 6.10 Å². The number of hydrogen-bond donors (Lipinski definition) is 1. The maximum atomic E-state index is 12.6. The summed E-state index contributed by atoms with van der Waals surface area (Å²) in [6.07, 6.45) is 0.598. The Morgan fingerprint density at radius 1 is 1.16 bits per heavy atom. The highest BCUT2D eigenvalue weighted by Gasteiger charge is 2.29. The van der Waals surface area contributed by atoms with Crippen LogP contribution in [0.1, 0.15) is 13.3 Å². The molecule has 4 nitrogen and oxygen atoms in total. The molecule has 3 rings (SSSR count). The first-order valence-electron chi connectivity index (χ1n) is 8.93. The summed E-state index contributed by atoms with van der Waals surface area (Å²) in [5, 5.41) is 3.19. The largest absolute Gasteiger partial charge is 0.481 e. The number of nitrogens with one attached hydrogen (secondary N) is 1. The average molecular weight is 338 g/mol. The number of ether oxygens (including phenoxy) is 1. The van der Waals surface area contributed by atoms with Crippen LogP contribution < -0.4 is 10.1 Å². The fourth-order valence-corrected chi connectivity index (χ4v) is 3.36. The molecular formula is C21H26N2O2. The number of likely N-dealkylation sites (tertiary alicyclic amines) is 1. The zero-order valence-electron chi connectivity index (χ0n) is 14.9. The molecule has 1 aliphatic heterocycles. The summed E-state index contributed by atoms with van der Waals surface area (Å²) in [7, 11) is 1.95. The molecule has 132 valence electrons. The van der Waals surface area contributed by atoms with Crippen molar-refractivity contribution in [3.05, 3.63) is 54.6 Å². The summed E-state index contributed by atoms with van der Waals surface area (Å²) in [6, 6.07) is 18.1. The van der Waals surface area contributed by atoms with Gasteiger partial charge in [0.2, 0.25) is 0 Å². The Hall–Kier alpha value is -2.33. The van der Waals surface area contributed by atoms with Crippen LogP contribution in [0.15, 0.2) is 54.6 Å². The van der Waals surface area contributed by atoms with Crippen molar-refractivity contribution in [2.24, 2.45) is 5.92 Å². The van der Waals surface area contributed by atoms with Crippen LogP contribution in [-0.4, -0.2) is 43.6 Å². The molecule has 0 bridgehead atoms. The number of carbonyl (C=O) groups is 1. The summed E-state index contributed by atoms with van der Waals surface area (Å²) in [5.74, 6) is 1.35. The van der Waals surface area contributed by atoms with Gasteiger partial charge in [0.25, 0.3) is 5.91 Å². The van der Waals surface area contributed by atoms with Gasteiger partial charge in [-0.25, -0.2) is 0 Å². The number of amides is 1. The molecule has 2 atom stereocenters. The van der Waals surface area contributed by atoms with E-state index in [1.807, 2.05) is 61.3 Å². The quantitative estimate of drug-likeness (QED) is 0.879. The molecule has 25 heavy (non-hydrogen) atoms. The van der Waals surface area contributed by atoms with Crippen LogP contribution in [0.3, 0.4) is 0 Å². The van der Waals surface area contributed by atoms with Crippen LogP contribution in [-0.2, 0) is 4.79 Å². The van der Waals surface area contributed by atoms with E-state index in [1.165, 1.54) is 5.56 Å². The predicted molar refractivity (Wildman–Crippen MR) is 101 cm³/mol. The first-order valence-corrected chi connectivity index (χ1v) is 8.93. The number of nitrogens with zero attached hydrogens (tertiary/aromatic N) is 1. The maximum Gasteiger partial charge on any atom is 0.263 e. The van der Waals surface area contributed by atoms with Crippen LogP contribution in [0.4, 0.5) is 0 Å². The SMILES string of the molecule is CNCC1CCN(C(=O)C(C)Oc2ccc(-c3ccccc3)cc2)C1. The third kappa shape index (κ3) is 4.40. The second-order valence-electron chi connectivity index (χ2n) is 6.65. The van der Waals surface area contributed by atoms with E-state index in [2.05, 4.69) is 17.4 Å². The Morgan fingerprint density at radius 2 is 1.84 bits per heavy atom. The van der Waals surface area contributed by atoms with Crippen LogP contribution >= 0.6 is 0 Å². The van der Waals surface area contributed by atoms with Gasteiger partial charge in [0.05, 0.1) is 0 Å². The van der Waals surface area contributed by atoms with Gasteiger partial charge in [0.15, 0.2) is 6.10 Å². The molecule has 2 aromatic carbocycles. The topological polar surface area (TPSA) is 41.6 Å². The molecule has 1 heterocycles. The predicted octanol–water partition coefficient (Wildman–Crippen LogP) is 3.19. The number of carbonyl (C=O) groups excluding carboxylic acids is 1. The van der Waals surface area contributed by atoms with Gasteiger partial charge in [-0.2, -0.15) is 0 Å². The van der Waals surface area contributed by atoms with E-state index in [1.54, 1.807) is 0 Å². The molecule has 1 fully saturated rings. The number of rotatable bonds is 6. The van der Waals surface area contributed by atoms with E-state index in [0.29, 0.717) is 5.92 Å². The highest BCUT2D eigenvalue weighted by Crippen LogP contribution is 2.23. The third-order valence-electron chi connectivity index (χ3n) is 4.71. The summed E-state index contributed by atoms with van der Waals surface area (Å²) in [5.41, 5.74) is 2.31. The minimum Gasteiger partial charge on any atom is -0.481 e. The van der Waals surface area contributed by atoms with Crippen LogP contribution in [0.2, 0.25) is 0 Å². The number of hydrogen-bond acceptors (Lipinski definition) is 3. The van der Waals surface area contributed by atoms with E-state index >= 15 is 0 Å². The average Bonchev–Trinajstić information content (AvgIpc) is 3.11. The lowest BCUT2D eigenvalue weighted by Crippen LogP contribution is -2.39. The second kappa shape index (κ2) is 8.17. The summed E-state index contributed by atoms with van der Waals surface area (Å²) < 4.78 is 5.87. The van der Waals surface area contributed by atoms with Crippen molar-refractivity contribution >= 4 is 5.91 Å². The minimum atomic E-state index is -0.462. The van der Waals surface area contributed by atoms with Crippen molar-refractivity contribution in [1.29, 1.82) is 0 Å². The Bertz CT molecular complexity index is 685. The standard InChI is InChI=1S/C21H26N2O2/c1-16(21(24)23-13-12-17(15-23)14-22-2)25-20-10-8-19(9-11-20)18-6-4-3-5-7-18/h3-11,16-17,22H,12-15H2,1-2H3. The lowest BCUT2D eigenvalue weighted by molar-refractivity contribution is -0.137. The molecule has 0 saturated carbocycles. The van der Waals surface area contributed by atoms with E-state index in [4.69, 9.17) is 4.74 Å². The monoisotopic (exact) mass is 338 g/mol. The van der Waals surface area contributed by atoms with Crippen LogP contribution in [0, 0.1) is 5.92 Å². The van der Waals surface area contributed by atoms with Crippen molar-refractivity contribution in [2.45, 2.75) is 19.4 Å². The van der Waals surface area contributed by atoms with Crippen molar-refractivity contribution in [3.8, 4) is 16.9 Å². The minimum absolute atomic E-state index is 0.0748. The van der Waals surface area contributed by atoms with E-state index in [-0.39, 0.29) is 5.91 Å². The van der Waals surface area contributed by atoms with Crippen molar-refractivity contribution in [3.63, 3.8) is 0 Å². The van der Waals surface area contributed by atoms with Gasteiger partial charge in [-0.3, -0.25) is 4.79 Å². The first-order chi connectivity index (χ1) is 12.2. The molecule has 1 N–H and O–H groups in total. The molecule has 2 unspecified atom stereocenters. The Labute approximate surface area is 149 Å². The summed E-state index contributed by atoms with van der Waals surface area (Å²) >= 11 is 0. The zero-order chi connectivity index (χ0) is 17.6. The molecule has 1 aliphatic rings. The molecule has 1 amide bonds. The summed E-state index contributed by atoms with van der Waals surface area (Å²) in [4.78, 5) is 14.5. The van der Waals surface area contributed by atoms with Gasteiger partial charge >= 0.3 is 0 Å². The first kappa shape index (κ1) is 17.5. The Morgan fingerprint density at radius 3 is 2.52 bits per heavy atom. The van der Waals surface area contributed by atoms with Crippen molar-refractivity contribution in [1.82, 2.24) is 10.2 Å². The maximum absolute atomic E-state index is 12.6. The molecule has 4 heteroatoms. The van der Waals surface area contributed by atoms with E-state index in [0.717, 1.165) is 37.4 Å². The molecule has 0 aromatic heterocycles. The van der Waals surface area contributed by atoms with Gasteiger partial charge in [-0.05, 0) is 56.1 Å². The van der Waals surface area contributed by atoms with Gasteiger partial charge in [-0.15, -0.1) is 0 Å². The lowest BCUT2D eigenvalue weighted by Gasteiger charge is -2.22. The Kier molecular flexibility index (Phi) is 5.71. The van der Waals surface area contributed by atoms with Crippen LogP contribution in [0.5, 0.6) is 5.75 Å². The molecular weight excluding hydrogens is 312 g/mol.